The summed E-state index contributed by atoms with van der Waals surface area (Å²) < 4.78 is 5.08. The highest BCUT2D eigenvalue weighted by Crippen LogP contribution is 2.16. The minimum absolute atomic E-state index is 0.0851. The summed E-state index contributed by atoms with van der Waals surface area (Å²) >= 11 is 1.44. The SMILES string of the molecule is CNc1nc(C(=O)NC[C@@H]2CCN(CCOC)C2)cs1. The molecule has 2 N–H and O–H groups in total. The lowest BCUT2D eigenvalue weighted by atomic mass is 10.1. The number of carbonyl (C=O) groups is 1. The lowest BCUT2D eigenvalue weighted by Crippen LogP contribution is -2.31. The highest BCUT2D eigenvalue weighted by Gasteiger charge is 2.22. The van der Waals surface area contributed by atoms with E-state index in [1.165, 1.54) is 11.3 Å². The number of nitrogens with zero attached hydrogens (tertiary/aromatic N) is 2. The Morgan fingerprint density at radius 3 is 3.20 bits per heavy atom. The third-order valence-corrected chi connectivity index (χ3v) is 4.34. The molecule has 1 aliphatic rings. The van der Waals surface area contributed by atoms with Crippen LogP contribution in [-0.2, 0) is 4.74 Å². The van der Waals surface area contributed by atoms with E-state index < -0.39 is 0 Å². The van der Waals surface area contributed by atoms with Crippen molar-refractivity contribution in [2.75, 3.05) is 52.3 Å². The molecule has 1 aromatic rings. The molecule has 112 valence electrons. The van der Waals surface area contributed by atoms with Crippen molar-refractivity contribution < 1.29 is 9.53 Å². The number of anilines is 1. The summed E-state index contributed by atoms with van der Waals surface area (Å²) in [5.41, 5.74) is 0.494. The summed E-state index contributed by atoms with van der Waals surface area (Å²) in [4.78, 5) is 18.5. The van der Waals surface area contributed by atoms with Crippen molar-refractivity contribution in [2.24, 2.45) is 5.92 Å². The van der Waals surface area contributed by atoms with E-state index in [2.05, 4.69) is 20.5 Å². The van der Waals surface area contributed by atoms with Crippen molar-refractivity contribution in [3.8, 4) is 0 Å². The molecule has 0 saturated carbocycles. The smallest absolute Gasteiger partial charge is 0.270 e. The van der Waals surface area contributed by atoms with Gasteiger partial charge in [-0.1, -0.05) is 0 Å². The van der Waals surface area contributed by atoms with Gasteiger partial charge in [0.1, 0.15) is 5.69 Å². The Hall–Kier alpha value is -1.18. The van der Waals surface area contributed by atoms with E-state index in [0.717, 1.165) is 37.8 Å². The molecule has 1 saturated heterocycles. The van der Waals surface area contributed by atoms with Gasteiger partial charge in [-0.25, -0.2) is 4.98 Å². The number of aromatic nitrogens is 1. The molecule has 0 unspecified atom stereocenters. The van der Waals surface area contributed by atoms with Gasteiger partial charge in [0.25, 0.3) is 5.91 Å². The number of hydrogen-bond acceptors (Lipinski definition) is 6. The maximum atomic E-state index is 12.0. The van der Waals surface area contributed by atoms with Crippen LogP contribution in [0.4, 0.5) is 5.13 Å². The molecule has 0 aliphatic carbocycles. The Kier molecular flexibility index (Phi) is 5.75. The third-order valence-electron chi connectivity index (χ3n) is 3.48. The van der Waals surface area contributed by atoms with Gasteiger partial charge in [-0.15, -0.1) is 11.3 Å². The van der Waals surface area contributed by atoms with Gasteiger partial charge >= 0.3 is 0 Å². The molecule has 1 amide bonds. The Bertz CT molecular complexity index is 438. The molecule has 1 atom stereocenters. The fourth-order valence-electron chi connectivity index (χ4n) is 2.32. The number of rotatable bonds is 7. The number of ether oxygens (including phenoxy) is 1. The largest absolute Gasteiger partial charge is 0.383 e. The van der Waals surface area contributed by atoms with E-state index in [4.69, 9.17) is 4.74 Å². The van der Waals surface area contributed by atoms with Crippen LogP contribution >= 0.6 is 11.3 Å². The van der Waals surface area contributed by atoms with E-state index in [1.807, 2.05) is 0 Å². The molecule has 0 bridgehead atoms. The Labute approximate surface area is 123 Å². The van der Waals surface area contributed by atoms with Crippen LogP contribution in [-0.4, -0.2) is 62.7 Å². The van der Waals surface area contributed by atoms with E-state index in [1.54, 1.807) is 19.5 Å². The van der Waals surface area contributed by atoms with Gasteiger partial charge in [0, 0.05) is 39.2 Å². The quantitative estimate of drug-likeness (QED) is 0.782. The zero-order valence-corrected chi connectivity index (χ0v) is 12.8. The van der Waals surface area contributed by atoms with Crippen molar-refractivity contribution in [1.29, 1.82) is 0 Å². The van der Waals surface area contributed by atoms with Crippen LogP contribution in [0.25, 0.3) is 0 Å². The molecule has 0 spiro atoms. The van der Waals surface area contributed by atoms with Crippen LogP contribution in [0.5, 0.6) is 0 Å². The van der Waals surface area contributed by atoms with Gasteiger partial charge in [0.2, 0.25) is 0 Å². The van der Waals surface area contributed by atoms with Gasteiger partial charge < -0.3 is 20.3 Å². The van der Waals surface area contributed by atoms with Crippen LogP contribution in [0.1, 0.15) is 16.9 Å². The second-order valence-corrected chi connectivity index (χ2v) is 5.80. The second kappa shape index (κ2) is 7.56. The van der Waals surface area contributed by atoms with Crippen molar-refractivity contribution in [3.63, 3.8) is 0 Å². The minimum Gasteiger partial charge on any atom is -0.383 e. The van der Waals surface area contributed by atoms with Crippen molar-refractivity contribution in [2.45, 2.75) is 6.42 Å². The third kappa shape index (κ3) is 4.16. The van der Waals surface area contributed by atoms with E-state index in [0.29, 0.717) is 18.2 Å². The minimum atomic E-state index is -0.0851. The molecule has 20 heavy (non-hydrogen) atoms. The molecule has 1 aromatic heterocycles. The molecule has 2 rings (SSSR count). The lowest BCUT2D eigenvalue weighted by Gasteiger charge is -2.15. The predicted octanol–water partition coefficient (Wildman–Crippen LogP) is 0.883. The fraction of sp³-hybridized carbons (Fsp3) is 0.692. The highest BCUT2D eigenvalue weighted by atomic mass is 32.1. The summed E-state index contributed by atoms with van der Waals surface area (Å²) in [6.07, 6.45) is 1.13. The van der Waals surface area contributed by atoms with Gasteiger partial charge in [-0.05, 0) is 18.9 Å². The normalized spacial score (nSPS) is 19.2. The average molecular weight is 298 g/mol. The number of methoxy groups -OCH3 is 1. The van der Waals surface area contributed by atoms with Crippen LogP contribution < -0.4 is 10.6 Å². The summed E-state index contributed by atoms with van der Waals surface area (Å²) in [5.74, 6) is 0.441. The predicted molar refractivity (Wildman–Crippen MR) is 80.4 cm³/mol. The van der Waals surface area contributed by atoms with Gasteiger partial charge in [0.15, 0.2) is 5.13 Å². The maximum Gasteiger partial charge on any atom is 0.270 e. The number of nitrogens with one attached hydrogen (secondary N) is 2. The summed E-state index contributed by atoms with van der Waals surface area (Å²) in [5, 5.41) is 8.45. The zero-order valence-electron chi connectivity index (χ0n) is 12.0. The lowest BCUT2D eigenvalue weighted by molar-refractivity contribution is 0.0942. The first kappa shape index (κ1) is 15.2. The highest BCUT2D eigenvalue weighted by molar-refractivity contribution is 7.13. The Morgan fingerprint density at radius 2 is 2.50 bits per heavy atom. The van der Waals surface area contributed by atoms with Gasteiger partial charge in [-0.2, -0.15) is 0 Å². The molecule has 0 aromatic carbocycles. The monoisotopic (exact) mass is 298 g/mol. The van der Waals surface area contributed by atoms with E-state index in [9.17, 15) is 4.79 Å². The van der Waals surface area contributed by atoms with E-state index in [-0.39, 0.29) is 5.91 Å². The molecular formula is C13H22N4O2S. The van der Waals surface area contributed by atoms with Crippen molar-refractivity contribution in [3.05, 3.63) is 11.1 Å². The van der Waals surface area contributed by atoms with Crippen molar-refractivity contribution in [1.82, 2.24) is 15.2 Å². The Balaban J connectivity index is 1.71. The molecular weight excluding hydrogens is 276 g/mol. The molecule has 1 aliphatic heterocycles. The first-order valence-corrected chi connectivity index (χ1v) is 7.73. The van der Waals surface area contributed by atoms with Crippen LogP contribution in [0.15, 0.2) is 5.38 Å². The molecule has 1 fully saturated rings. The standard InChI is InChI=1S/C13H22N4O2S/c1-14-13-16-11(9-20-13)12(18)15-7-10-3-4-17(8-10)5-6-19-2/h9-10H,3-8H2,1-2H3,(H,14,16)(H,15,18)/t10-/m0/s1. The maximum absolute atomic E-state index is 12.0. The number of carbonyl (C=O) groups excluding carboxylic acids is 1. The van der Waals surface area contributed by atoms with Crippen LogP contribution in [0, 0.1) is 5.92 Å². The Morgan fingerprint density at radius 1 is 1.65 bits per heavy atom. The topological polar surface area (TPSA) is 66.5 Å². The molecule has 0 radical (unpaired) electrons. The van der Waals surface area contributed by atoms with Gasteiger partial charge in [0.05, 0.1) is 6.61 Å². The molecule has 2 heterocycles. The zero-order chi connectivity index (χ0) is 14.4. The van der Waals surface area contributed by atoms with Crippen LogP contribution in [0.2, 0.25) is 0 Å². The van der Waals surface area contributed by atoms with E-state index >= 15 is 0 Å². The summed E-state index contributed by atoms with van der Waals surface area (Å²) in [6.45, 7) is 4.57. The van der Waals surface area contributed by atoms with Gasteiger partial charge in [-0.3, -0.25) is 4.79 Å². The molecule has 6 nitrogen and oxygen atoms in total. The summed E-state index contributed by atoms with van der Waals surface area (Å²) in [6, 6.07) is 0. The number of amides is 1. The van der Waals surface area contributed by atoms with Crippen LogP contribution in [0.3, 0.4) is 0 Å². The summed E-state index contributed by atoms with van der Waals surface area (Å²) in [7, 11) is 3.52. The molecule has 7 heteroatoms. The number of thiazole rings is 1. The number of hydrogen-bond donors (Lipinski definition) is 2. The first-order chi connectivity index (χ1) is 9.72. The average Bonchev–Trinajstić information content (AvgIpc) is 3.11. The second-order valence-electron chi connectivity index (χ2n) is 4.95. The fourth-order valence-corrected chi connectivity index (χ4v) is 2.98. The number of likely N-dealkylation sites (tertiary alicyclic amines) is 1. The first-order valence-electron chi connectivity index (χ1n) is 6.85. The van der Waals surface area contributed by atoms with Crippen molar-refractivity contribution >= 4 is 22.4 Å².